The first kappa shape index (κ1) is 30.5. The van der Waals surface area contributed by atoms with Gasteiger partial charge < -0.3 is 24.8 Å². The van der Waals surface area contributed by atoms with E-state index in [0.717, 1.165) is 18.4 Å². The minimum atomic E-state index is -0.959. The van der Waals surface area contributed by atoms with Crippen LogP contribution in [0.15, 0.2) is 71.9 Å². The van der Waals surface area contributed by atoms with Crippen molar-refractivity contribution in [1.29, 1.82) is 0 Å². The van der Waals surface area contributed by atoms with Crippen LogP contribution in [0.2, 0.25) is 0 Å². The summed E-state index contributed by atoms with van der Waals surface area (Å²) >= 11 is 1.21. The molecule has 212 valence electrons. The second-order valence-corrected chi connectivity index (χ2v) is 9.91. The van der Waals surface area contributed by atoms with Gasteiger partial charge in [-0.05, 0) is 36.3 Å². The molecule has 0 saturated carbocycles. The number of nitrogens with two attached hydrogens (primary N) is 1. The molecule has 1 unspecified atom stereocenters. The summed E-state index contributed by atoms with van der Waals surface area (Å²) in [4.78, 5) is 42.8. The SMILES string of the molecule is CCC(CC)C(=COC(=O)C(Nc1ccsc1C(=O)OC)c1ccc(OC)nc1)C[NH2+]CC(=O)c1ccccc1. The van der Waals surface area contributed by atoms with Gasteiger partial charge in [0.2, 0.25) is 11.7 Å². The van der Waals surface area contributed by atoms with Crippen LogP contribution in [0.25, 0.3) is 0 Å². The summed E-state index contributed by atoms with van der Waals surface area (Å²) < 4.78 is 15.8. The molecule has 1 aromatic carbocycles. The first-order chi connectivity index (χ1) is 19.4. The van der Waals surface area contributed by atoms with E-state index in [1.54, 1.807) is 35.7 Å². The summed E-state index contributed by atoms with van der Waals surface area (Å²) in [7, 11) is 2.81. The maximum atomic E-state index is 13.5. The number of quaternary nitrogens is 1. The Morgan fingerprint density at radius 2 is 1.77 bits per heavy atom. The predicted molar refractivity (Wildman–Crippen MR) is 153 cm³/mol. The third-order valence-corrected chi connectivity index (χ3v) is 7.41. The van der Waals surface area contributed by atoms with Gasteiger partial charge in [0, 0.05) is 29.0 Å². The number of Topliss-reactive ketones (excluding diaryl/α,β-unsaturated/α-hetero) is 1. The lowest BCUT2D eigenvalue weighted by atomic mass is 9.94. The Balaban J connectivity index is 1.80. The lowest BCUT2D eigenvalue weighted by Crippen LogP contribution is -2.86. The van der Waals surface area contributed by atoms with Gasteiger partial charge in [-0.25, -0.2) is 14.6 Å². The quantitative estimate of drug-likeness (QED) is 0.158. The number of methoxy groups -OCH3 is 2. The fraction of sp³-hybridized carbons (Fsp3) is 0.333. The van der Waals surface area contributed by atoms with Crippen LogP contribution in [-0.2, 0) is 14.3 Å². The Morgan fingerprint density at radius 1 is 1.02 bits per heavy atom. The van der Waals surface area contributed by atoms with E-state index in [2.05, 4.69) is 24.1 Å². The van der Waals surface area contributed by atoms with Crippen molar-refractivity contribution in [2.24, 2.45) is 5.92 Å². The maximum absolute atomic E-state index is 13.5. The van der Waals surface area contributed by atoms with E-state index in [-0.39, 0.29) is 18.2 Å². The summed E-state index contributed by atoms with van der Waals surface area (Å²) in [5.41, 5.74) is 2.58. The smallest absolute Gasteiger partial charge is 0.350 e. The van der Waals surface area contributed by atoms with Crippen molar-refractivity contribution in [3.63, 3.8) is 0 Å². The maximum Gasteiger partial charge on any atom is 0.350 e. The summed E-state index contributed by atoms with van der Waals surface area (Å²) in [5.74, 6) is -0.451. The molecule has 10 heteroatoms. The van der Waals surface area contributed by atoms with Crippen LogP contribution >= 0.6 is 11.3 Å². The van der Waals surface area contributed by atoms with Gasteiger partial charge in [0.25, 0.3) is 0 Å². The van der Waals surface area contributed by atoms with E-state index in [4.69, 9.17) is 14.2 Å². The van der Waals surface area contributed by atoms with Crippen molar-refractivity contribution in [2.45, 2.75) is 32.7 Å². The van der Waals surface area contributed by atoms with Gasteiger partial charge in [-0.15, -0.1) is 11.3 Å². The number of rotatable bonds is 15. The number of carbonyl (C=O) groups excluding carboxylic acids is 3. The summed E-state index contributed by atoms with van der Waals surface area (Å²) in [6, 6.07) is 13.3. The molecule has 3 aromatic rings. The zero-order chi connectivity index (χ0) is 28.9. The van der Waals surface area contributed by atoms with E-state index in [9.17, 15) is 14.4 Å². The highest BCUT2D eigenvalue weighted by atomic mass is 32.1. The number of esters is 2. The van der Waals surface area contributed by atoms with Gasteiger partial charge in [-0.1, -0.05) is 44.2 Å². The fourth-order valence-corrected chi connectivity index (χ4v) is 5.00. The molecule has 2 aromatic heterocycles. The minimum Gasteiger partial charge on any atom is -0.481 e. The molecule has 0 spiro atoms. The van der Waals surface area contributed by atoms with Crippen molar-refractivity contribution >= 4 is 34.7 Å². The molecule has 0 saturated heterocycles. The highest BCUT2D eigenvalue weighted by Gasteiger charge is 2.26. The van der Waals surface area contributed by atoms with Crippen molar-refractivity contribution < 1.29 is 33.9 Å². The summed E-state index contributed by atoms with van der Waals surface area (Å²) in [5, 5.41) is 6.78. The van der Waals surface area contributed by atoms with Crippen LogP contribution < -0.4 is 15.4 Å². The molecule has 3 N–H and O–H groups in total. The minimum absolute atomic E-state index is 0.0370. The molecule has 1 atom stereocenters. The van der Waals surface area contributed by atoms with E-state index >= 15 is 0 Å². The van der Waals surface area contributed by atoms with E-state index < -0.39 is 18.0 Å². The van der Waals surface area contributed by atoms with Crippen LogP contribution in [0.1, 0.15) is 58.3 Å². The average Bonchev–Trinajstić information content (AvgIpc) is 3.47. The molecule has 2 heterocycles. The van der Waals surface area contributed by atoms with Gasteiger partial charge in [-0.3, -0.25) is 4.79 Å². The lowest BCUT2D eigenvalue weighted by molar-refractivity contribution is -0.636. The highest BCUT2D eigenvalue weighted by Crippen LogP contribution is 2.29. The molecule has 0 aliphatic carbocycles. The normalized spacial score (nSPS) is 12.1. The Hall–Kier alpha value is -4.02. The van der Waals surface area contributed by atoms with E-state index in [0.29, 0.717) is 34.1 Å². The Bertz CT molecular complexity index is 1290. The summed E-state index contributed by atoms with van der Waals surface area (Å²) in [6.07, 6.45) is 4.75. The number of pyridine rings is 1. The number of ketones is 1. The van der Waals surface area contributed by atoms with E-state index in [1.165, 1.54) is 38.0 Å². The standard InChI is InChI=1S/C30H35N3O6S/c1-5-20(6-2)23(16-31-18-25(34)21-10-8-7-9-11-21)19-39-29(35)27(22-12-13-26(37-3)32-17-22)33-24-14-15-40-28(24)30(36)38-4/h7-15,17,19-20,27,31,33H,5-6,16,18H2,1-4H3/p+1. The second-order valence-electron chi connectivity index (χ2n) is 9.00. The zero-order valence-corrected chi connectivity index (χ0v) is 24.0. The van der Waals surface area contributed by atoms with Crippen LogP contribution in [0.4, 0.5) is 5.69 Å². The Morgan fingerprint density at radius 3 is 2.40 bits per heavy atom. The summed E-state index contributed by atoms with van der Waals surface area (Å²) in [6.45, 7) is 4.96. The molecule has 3 rings (SSSR count). The molecule has 0 aliphatic rings. The Kier molecular flexibility index (Phi) is 11.9. The third kappa shape index (κ3) is 8.24. The number of nitrogens with one attached hydrogen (secondary N) is 1. The molecule has 0 radical (unpaired) electrons. The van der Waals surface area contributed by atoms with Crippen molar-refractivity contribution in [3.05, 3.63) is 87.9 Å². The number of thiophene rings is 1. The number of aromatic nitrogens is 1. The molecule has 9 nitrogen and oxygen atoms in total. The monoisotopic (exact) mass is 566 g/mol. The molecule has 40 heavy (non-hydrogen) atoms. The second kappa shape index (κ2) is 15.5. The first-order valence-electron chi connectivity index (χ1n) is 13.1. The number of anilines is 1. The van der Waals surface area contributed by atoms with Crippen LogP contribution in [-0.4, -0.2) is 50.0 Å². The first-order valence-corrected chi connectivity index (χ1v) is 14.0. The third-order valence-electron chi connectivity index (χ3n) is 6.52. The van der Waals surface area contributed by atoms with Gasteiger partial charge in [0.1, 0.15) is 18.0 Å². The van der Waals surface area contributed by atoms with Gasteiger partial charge in [-0.2, -0.15) is 0 Å². The molecule has 0 bridgehead atoms. The zero-order valence-electron chi connectivity index (χ0n) is 23.2. The highest BCUT2D eigenvalue weighted by molar-refractivity contribution is 7.12. The van der Waals surface area contributed by atoms with Gasteiger partial charge in [0.15, 0.2) is 6.04 Å². The van der Waals surface area contributed by atoms with Gasteiger partial charge in [0.05, 0.1) is 26.2 Å². The van der Waals surface area contributed by atoms with Crippen LogP contribution in [0.5, 0.6) is 5.88 Å². The number of hydrogen-bond donors (Lipinski definition) is 2. The number of benzene rings is 1. The number of carbonyl (C=O) groups is 3. The topological polar surface area (TPSA) is 120 Å². The molecular weight excluding hydrogens is 530 g/mol. The number of ether oxygens (including phenoxy) is 3. The number of hydrogen-bond acceptors (Lipinski definition) is 9. The Labute approximate surface area is 238 Å². The lowest BCUT2D eigenvalue weighted by Gasteiger charge is -2.20. The fourth-order valence-electron chi connectivity index (χ4n) is 4.23. The van der Waals surface area contributed by atoms with Crippen molar-refractivity contribution in [1.82, 2.24) is 4.98 Å². The predicted octanol–water partition coefficient (Wildman–Crippen LogP) is 4.40. The number of nitrogens with zero attached hydrogens (tertiary/aromatic N) is 1. The molecule has 0 amide bonds. The van der Waals surface area contributed by atoms with Crippen molar-refractivity contribution in [2.75, 3.05) is 32.6 Å². The van der Waals surface area contributed by atoms with Gasteiger partial charge >= 0.3 is 11.9 Å². The van der Waals surface area contributed by atoms with Crippen LogP contribution in [0, 0.1) is 5.92 Å². The molecular formula is C30H36N3O6S+. The largest absolute Gasteiger partial charge is 0.481 e. The molecule has 0 aliphatic heterocycles. The van der Waals surface area contributed by atoms with Crippen molar-refractivity contribution in [3.8, 4) is 5.88 Å². The van der Waals surface area contributed by atoms with E-state index in [1.807, 2.05) is 23.5 Å². The molecule has 0 fully saturated rings. The van der Waals surface area contributed by atoms with Crippen LogP contribution in [0.3, 0.4) is 0 Å². The average molecular weight is 567 g/mol.